The first-order chi connectivity index (χ1) is 8.55. The first-order valence-electron chi connectivity index (χ1n) is 5.29. The fourth-order valence-electron chi connectivity index (χ4n) is 1.53. The van der Waals surface area contributed by atoms with Crippen molar-refractivity contribution in [3.8, 4) is 6.07 Å². The van der Waals surface area contributed by atoms with Crippen LogP contribution in [0, 0.1) is 11.3 Å². The second-order valence-electron chi connectivity index (χ2n) is 4.69. The predicted octanol–water partition coefficient (Wildman–Crippen LogP) is 1.57. The first kappa shape index (κ1) is 15.1. The van der Waals surface area contributed by atoms with Crippen LogP contribution in [-0.4, -0.2) is 24.0 Å². The van der Waals surface area contributed by atoms with Gasteiger partial charge in [-0.3, -0.25) is 4.55 Å². The van der Waals surface area contributed by atoms with Gasteiger partial charge in [0.2, 0.25) is 0 Å². The summed E-state index contributed by atoms with van der Waals surface area (Å²) in [5.74, 6) is -1.92. The molecule has 102 valence electrons. The molecule has 0 saturated carbocycles. The Balaban J connectivity index is 3.43. The van der Waals surface area contributed by atoms with E-state index in [4.69, 9.17) is 14.9 Å². The predicted molar refractivity (Wildman–Crippen MR) is 67.3 cm³/mol. The minimum absolute atomic E-state index is 0.125. The Morgan fingerprint density at radius 2 is 1.95 bits per heavy atom. The SMILES string of the molecule is CC(C)(C#N)c1cc(CS(=O)(=O)O)cc(C(=O)O)c1. The molecule has 19 heavy (non-hydrogen) atoms. The number of carboxylic acids is 1. The normalized spacial score (nSPS) is 11.9. The number of hydrogen-bond donors (Lipinski definition) is 2. The van der Waals surface area contributed by atoms with Crippen LogP contribution >= 0.6 is 0 Å². The van der Waals surface area contributed by atoms with Crippen LogP contribution in [0.3, 0.4) is 0 Å². The maximum atomic E-state index is 11.0. The van der Waals surface area contributed by atoms with Gasteiger partial charge in [0, 0.05) is 0 Å². The number of nitrogens with zero attached hydrogens (tertiary/aromatic N) is 1. The topological polar surface area (TPSA) is 115 Å². The number of carboxylic acid groups (broad SMARTS) is 1. The number of benzene rings is 1. The van der Waals surface area contributed by atoms with E-state index in [0.29, 0.717) is 5.56 Å². The van der Waals surface area contributed by atoms with E-state index < -0.39 is 27.3 Å². The van der Waals surface area contributed by atoms with Crippen LogP contribution in [-0.2, 0) is 21.3 Å². The van der Waals surface area contributed by atoms with Gasteiger partial charge in [0.05, 0.1) is 17.0 Å². The zero-order chi connectivity index (χ0) is 14.8. The van der Waals surface area contributed by atoms with Crippen molar-refractivity contribution in [2.24, 2.45) is 0 Å². The maximum absolute atomic E-state index is 11.0. The van der Waals surface area contributed by atoms with Crippen LogP contribution in [0.1, 0.15) is 35.3 Å². The number of aromatic carboxylic acids is 1. The lowest BCUT2D eigenvalue weighted by Crippen LogP contribution is -2.16. The summed E-state index contributed by atoms with van der Waals surface area (Å²) < 4.78 is 30.5. The van der Waals surface area contributed by atoms with Gasteiger partial charge in [-0.15, -0.1) is 0 Å². The van der Waals surface area contributed by atoms with Crippen LogP contribution in [0.2, 0.25) is 0 Å². The molecule has 6 nitrogen and oxygen atoms in total. The fraction of sp³-hybridized carbons (Fsp3) is 0.333. The molecule has 0 aromatic heterocycles. The lowest BCUT2D eigenvalue weighted by Gasteiger charge is -2.17. The quantitative estimate of drug-likeness (QED) is 0.810. The molecule has 1 aromatic rings. The number of carbonyl (C=O) groups is 1. The highest BCUT2D eigenvalue weighted by atomic mass is 32.2. The van der Waals surface area contributed by atoms with Crippen LogP contribution in [0.15, 0.2) is 18.2 Å². The van der Waals surface area contributed by atoms with E-state index in [1.165, 1.54) is 12.1 Å². The van der Waals surface area contributed by atoms with Crippen molar-refractivity contribution in [1.82, 2.24) is 0 Å². The van der Waals surface area contributed by atoms with E-state index in [1.54, 1.807) is 13.8 Å². The van der Waals surface area contributed by atoms with Gasteiger partial charge in [0.1, 0.15) is 5.75 Å². The van der Waals surface area contributed by atoms with Crippen LogP contribution in [0.4, 0.5) is 0 Å². The summed E-state index contributed by atoms with van der Waals surface area (Å²) >= 11 is 0. The number of nitriles is 1. The summed E-state index contributed by atoms with van der Waals surface area (Å²) in [5.41, 5.74) is -0.576. The third-order valence-electron chi connectivity index (χ3n) is 2.59. The van der Waals surface area contributed by atoms with Gasteiger partial charge in [0.25, 0.3) is 10.1 Å². The third-order valence-corrected chi connectivity index (χ3v) is 3.29. The zero-order valence-corrected chi connectivity index (χ0v) is 11.2. The van der Waals surface area contributed by atoms with Gasteiger partial charge in [-0.2, -0.15) is 13.7 Å². The molecule has 0 heterocycles. The van der Waals surface area contributed by atoms with Gasteiger partial charge in [-0.1, -0.05) is 6.07 Å². The third kappa shape index (κ3) is 4.05. The molecule has 7 heteroatoms. The van der Waals surface area contributed by atoms with E-state index in [-0.39, 0.29) is 11.1 Å². The average Bonchev–Trinajstić information content (AvgIpc) is 2.26. The van der Waals surface area contributed by atoms with Crippen LogP contribution in [0.25, 0.3) is 0 Å². The molecular weight excluding hydrogens is 270 g/mol. The lowest BCUT2D eigenvalue weighted by atomic mass is 9.84. The van der Waals surface area contributed by atoms with Crippen molar-refractivity contribution >= 4 is 16.1 Å². The van der Waals surface area contributed by atoms with Gasteiger partial charge in [-0.05, 0) is 37.1 Å². The number of hydrogen-bond acceptors (Lipinski definition) is 4. The molecule has 0 saturated heterocycles. The van der Waals surface area contributed by atoms with Crippen molar-refractivity contribution in [2.75, 3.05) is 0 Å². The molecule has 1 aromatic carbocycles. The molecule has 0 fully saturated rings. The zero-order valence-electron chi connectivity index (χ0n) is 10.4. The van der Waals surface area contributed by atoms with Crippen LogP contribution < -0.4 is 0 Å². The van der Waals surface area contributed by atoms with E-state index in [1.807, 2.05) is 6.07 Å². The standard InChI is InChI=1S/C12H13NO5S/c1-12(2,7-13)10-4-8(6-19(16,17)18)3-9(5-10)11(14)15/h3-5H,6H2,1-2H3,(H,14,15)(H,16,17,18). The fourth-order valence-corrected chi connectivity index (χ4v) is 2.12. The molecule has 0 bridgehead atoms. The molecule has 1 rings (SSSR count). The van der Waals surface area contributed by atoms with Crippen molar-refractivity contribution in [2.45, 2.75) is 25.0 Å². The Hall–Kier alpha value is -1.91. The van der Waals surface area contributed by atoms with Gasteiger partial charge >= 0.3 is 5.97 Å². The van der Waals surface area contributed by atoms with Gasteiger partial charge < -0.3 is 5.11 Å². The summed E-state index contributed by atoms with van der Waals surface area (Å²) in [6.07, 6.45) is 0. The monoisotopic (exact) mass is 283 g/mol. The van der Waals surface area contributed by atoms with Crippen LogP contribution in [0.5, 0.6) is 0 Å². The maximum Gasteiger partial charge on any atom is 0.335 e. The molecule has 0 unspecified atom stereocenters. The van der Waals surface area contributed by atoms with E-state index in [9.17, 15) is 13.2 Å². The molecule has 0 aliphatic rings. The molecule has 0 aliphatic carbocycles. The summed E-state index contributed by atoms with van der Waals surface area (Å²) in [6.45, 7) is 3.18. The Labute approximate surface area is 111 Å². The highest BCUT2D eigenvalue weighted by Crippen LogP contribution is 2.25. The Morgan fingerprint density at radius 3 is 2.37 bits per heavy atom. The average molecular weight is 283 g/mol. The minimum Gasteiger partial charge on any atom is -0.478 e. The highest BCUT2D eigenvalue weighted by molar-refractivity contribution is 7.85. The van der Waals surface area contributed by atoms with Crippen molar-refractivity contribution < 1.29 is 22.9 Å². The van der Waals surface area contributed by atoms with E-state index in [2.05, 4.69) is 0 Å². The molecule has 0 aliphatic heterocycles. The summed E-state index contributed by atoms with van der Waals surface area (Å²) in [7, 11) is -4.26. The molecule has 0 radical (unpaired) electrons. The first-order valence-corrected chi connectivity index (χ1v) is 6.90. The second-order valence-corrected chi connectivity index (χ2v) is 6.14. The lowest BCUT2D eigenvalue weighted by molar-refractivity contribution is 0.0696. The minimum atomic E-state index is -4.26. The van der Waals surface area contributed by atoms with Gasteiger partial charge in [0.15, 0.2) is 0 Å². The van der Waals surface area contributed by atoms with E-state index >= 15 is 0 Å². The van der Waals surface area contributed by atoms with Crippen molar-refractivity contribution in [3.05, 3.63) is 34.9 Å². The smallest absolute Gasteiger partial charge is 0.335 e. The van der Waals surface area contributed by atoms with Crippen molar-refractivity contribution in [3.63, 3.8) is 0 Å². The summed E-state index contributed by atoms with van der Waals surface area (Å²) in [4.78, 5) is 11.0. The summed E-state index contributed by atoms with van der Waals surface area (Å²) in [6, 6.07) is 5.89. The van der Waals surface area contributed by atoms with Crippen molar-refractivity contribution in [1.29, 1.82) is 5.26 Å². The largest absolute Gasteiger partial charge is 0.478 e. The Morgan fingerprint density at radius 1 is 1.37 bits per heavy atom. The molecule has 0 amide bonds. The molecule has 2 N–H and O–H groups in total. The number of rotatable bonds is 4. The molecular formula is C12H13NO5S. The Bertz CT molecular complexity index is 655. The van der Waals surface area contributed by atoms with E-state index in [0.717, 1.165) is 6.07 Å². The summed E-state index contributed by atoms with van der Waals surface area (Å²) in [5, 5.41) is 18.0. The second kappa shape index (κ2) is 4.99. The molecule has 0 atom stereocenters. The van der Waals surface area contributed by atoms with Gasteiger partial charge in [-0.25, -0.2) is 4.79 Å². The Kier molecular flexibility index (Phi) is 3.98. The highest BCUT2D eigenvalue weighted by Gasteiger charge is 2.23. The molecule has 0 spiro atoms.